The molecule has 0 spiro atoms. The summed E-state index contributed by atoms with van der Waals surface area (Å²) in [7, 11) is 1.40. The van der Waals surface area contributed by atoms with Crippen molar-refractivity contribution in [3.63, 3.8) is 0 Å². The fourth-order valence-corrected chi connectivity index (χ4v) is 3.77. The number of hydrogen-bond donors (Lipinski definition) is 2. The van der Waals surface area contributed by atoms with Crippen LogP contribution in [0.5, 0.6) is 0 Å². The van der Waals surface area contributed by atoms with Crippen LogP contribution in [-0.2, 0) is 16.0 Å². The Morgan fingerprint density at radius 2 is 2.14 bits per heavy atom. The molecule has 0 aromatic heterocycles. The van der Waals surface area contributed by atoms with Gasteiger partial charge in [-0.2, -0.15) is 0 Å². The van der Waals surface area contributed by atoms with Crippen molar-refractivity contribution in [3.8, 4) is 0 Å². The summed E-state index contributed by atoms with van der Waals surface area (Å²) in [6.45, 7) is 6.98. The Kier molecular flexibility index (Phi) is 4.99. The number of nitrogens with one attached hydrogen (secondary N) is 1. The largest absolute Gasteiger partial charge is 0.469 e. The van der Waals surface area contributed by atoms with Gasteiger partial charge >= 0.3 is 5.97 Å². The lowest BCUT2D eigenvalue weighted by molar-refractivity contribution is -0.139. The van der Waals surface area contributed by atoms with E-state index in [1.54, 1.807) is 0 Å². The average Bonchev–Trinajstić information content (AvgIpc) is 2.39. The van der Waals surface area contributed by atoms with E-state index in [1.165, 1.54) is 20.0 Å². The fourth-order valence-electron chi connectivity index (χ4n) is 3.77. The Balaban J connectivity index is 2.05. The van der Waals surface area contributed by atoms with Crippen LogP contribution in [0.1, 0.15) is 45.6 Å². The van der Waals surface area contributed by atoms with Crippen molar-refractivity contribution in [2.24, 2.45) is 11.3 Å². The van der Waals surface area contributed by atoms with Crippen LogP contribution in [0.25, 0.3) is 0 Å². The third kappa shape index (κ3) is 4.39. The predicted octanol–water partition coefficient (Wildman–Crippen LogP) is 3.61. The minimum absolute atomic E-state index is 0.247. The number of esters is 1. The van der Waals surface area contributed by atoms with Crippen LogP contribution in [0.2, 0.25) is 0 Å². The Hall–Kier alpha value is -1.71. The molecule has 0 heterocycles. The second kappa shape index (κ2) is 6.59. The van der Waals surface area contributed by atoms with Crippen LogP contribution in [0.4, 0.5) is 11.4 Å². The van der Waals surface area contributed by atoms with Crippen molar-refractivity contribution >= 4 is 17.3 Å². The monoisotopic (exact) mass is 304 g/mol. The topological polar surface area (TPSA) is 64.3 Å². The lowest BCUT2D eigenvalue weighted by Gasteiger charge is -2.39. The number of ether oxygens (including phenoxy) is 1. The van der Waals surface area contributed by atoms with Crippen molar-refractivity contribution in [3.05, 3.63) is 23.8 Å². The first-order valence-corrected chi connectivity index (χ1v) is 8.01. The Labute approximate surface area is 133 Å². The van der Waals surface area contributed by atoms with Gasteiger partial charge in [0.1, 0.15) is 0 Å². The summed E-state index contributed by atoms with van der Waals surface area (Å²) in [5.74, 6) is 0.476. The SMILES string of the molecule is COC(=O)Cc1ccc(N[C@H]2C[C@@H](C)CC(C)(C)C2)c(N)c1. The molecular formula is C18H28N2O2. The maximum Gasteiger partial charge on any atom is 0.309 e. The van der Waals surface area contributed by atoms with Gasteiger partial charge in [-0.05, 0) is 48.3 Å². The highest BCUT2D eigenvalue weighted by molar-refractivity contribution is 5.75. The molecule has 1 aromatic carbocycles. The first kappa shape index (κ1) is 16.7. The Bertz CT molecular complexity index is 540. The quantitative estimate of drug-likeness (QED) is 0.659. The van der Waals surface area contributed by atoms with Crippen molar-refractivity contribution < 1.29 is 9.53 Å². The molecule has 22 heavy (non-hydrogen) atoms. The van der Waals surface area contributed by atoms with Gasteiger partial charge in [0.25, 0.3) is 0 Å². The summed E-state index contributed by atoms with van der Waals surface area (Å²) < 4.78 is 4.69. The molecule has 0 unspecified atom stereocenters. The molecule has 122 valence electrons. The molecule has 3 N–H and O–H groups in total. The van der Waals surface area contributed by atoms with E-state index >= 15 is 0 Å². The number of nitrogens with two attached hydrogens (primary N) is 1. The van der Waals surface area contributed by atoms with Crippen LogP contribution in [0, 0.1) is 11.3 Å². The molecule has 1 aliphatic rings. The molecule has 1 aliphatic carbocycles. The first-order valence-electron chi connectivity index (χ1n) is 8.01. The number of benzene rings is 1. The Morgan fingerprint density at radius 3 is 2.73 bits per heavy atom. The molecule has 0 bridgehead atoms. The summed E-state index contributed by atoms with van der Waals surface area (Å²) in [5.41, 5.74) is 9.05. The zero-order chi connectivity index (χ0) is 16.3. The lowest BCUT2D eigenvalue weighted by atomic mass is 9.70. The number of carbonyl (C=O) groups excluding carboxylic acids is 1. The van der Waals surface area contributed by atoms with Crippen molar-refractivity contribution in [2.75, 3.05) is 18.2 Å². The van der Waals surface area contributed by atoms with Gasteiger partial charge in [-0.1, -0.05) is 26.8 Å². The fraction of sp³-hybridized carbons (Fsp3) is 0.611. The highest BCUT2D eigenvalue weighted by atomic mass is 16.5. The number of methoxy groups -OCH3 is 1. The van der Waals surface area contributed by atoms with Crippen LogP contribution in [0.15, 0.2) is 18.2 Å². The summed E-state index contributed by atoms with van der Waals surface area (Å²) in [4.78, 5) is 11.3. The summed E-state index contributed by atoms with van der Waals surface area (Å²) >= 11 is 0. The van der Waals surface area contributed by atoms with Gasteiger partial charge in [0.05, 0.1) is 24.9 Å². The number of rotatable bonds is 4. The molecule has 1 fully saturated rings. The molecule has 0 radical (unpaired) electrons. The van der Waals surface area contributed by atoms with Gasteiger partial charge in [-0.25, -0.2) is 0 Å². The second-order valence-corrected chi connectivity index (χ2v) is 7.43. The molecule has 4 nitrogen and oxygen atoms in total. The van der Waals surface area contributed by atoms with E-state index in [-0.39, 0.29) is 12.4 Å². The van der Waals surface area contributed by atoms with Crippen molar-refractivity contribution in [1.82, 2.24) is 0 Å². The molecule has 2 atom stereocenters. The third-order valence-corrected chi connectivity index (χ3v) is 4.44. The van der Waals surface area contributed by atoms with E-state index in [2.05, 4.69) is 30.8 Å². The van der Waals surface area contributed by atoms with Crippen LogP contribution in [-0.4, -0.2) is 19.1 Å². The molecular weight excluding hydrogens is 276 g/mol. The van der Waals surface area contributed by atoms with Crippen molar-refractivity contribution in [2.45, 2.75) is 52.5 Å². The molecule has 1 aromatic rings. The van der Waals surface area contributed by atoms with Gasteiger partial charge in [0.2, 0.25) is 0 Å². The lowest BCUT2D eigenvalue weighted by Crippen LogP contribution is -2.35. The third-order valence-electron chi connectivity index (χ3n) is 4.44. The molecule has 1 saturated carbocycles. The van der Waals surface area contributed by atoms with Crippen LogP contribution in [0.3, 0.4) is 0 Å². The minimum atomic E-state index is -0.247. The number of anilines is 2. The molecule has 2 rings (SSSR count). The highest BCUT2D eigenvalue weighted by Crippen LogP contribution is 2.40. The summed E-state index contributed by atoms with van der Waals surface area (Å²) in [6, 6.07) is 6.22. The van der Waals surface area contributed by atoms with E-state index < -0.39 is 0 Å². The normalized spacial score (nSPS) is 23.8. The smallest absolute Gasteiger partial charge is 0.309 e. The second-order valence-electron chi connectivity index (χ2n) is 7.43. The first-order chi connectivity index (χ1) is 10.3. The maximum atomic E-state index is 11.3. The maximum absolute atomic E-state index is 11.3. The van der Waals surface area contributed by atoms with Crippen molar-refractivity contribution in [1.29, 1.82) is 0 Å². The zero-order valence-corrected chi connectivity index (χ0v) is 14.1. The van der Waals surface area contributed by atoms with E-state index in [9.17, 15) is 4.79 Å². The number of nitrogen functional groups attached to an aromatic ring is 1. The summed E-state index contributed by atoms with van der Waals surface area (Å²) in [6.07, 6.45) is 3.86. The minimum Gasteiger partial charge on any atom is -0.469 e. The zero-order valence-electron chi connectivity index (χ0n) is 14.1. The summed E-state index contributed by atoms with van der Waals surface area (Å²) in [5, 5.41) is 3.59. The van der Waals surface area contributed by atoms with E-state index in [0.29, 0.717) is 17.1 Å². The van der Waals surface area contributed by atoms with Crippen LogP contribution >= 0.6 is 0 Å². The van der Waals surface area contributed by atoms with Crippen LogP contribution < -0.4 is 11.1 Å². The number of hydrogen-bond acceptors (Lipinski definition) is 4. The Morgan fingerprint density at radius 1 is 1.41 bits per heavy atom. The van der Waals surface area contributed by atoms with E-state index in [1.807, 2.05) is 18.2 Å². The van der Waals surface area contributed by atoms with Gasteiger partial charge in [-0.3, -0.25) is 4.79 Å². The number of carbonyl (C=O) groups is 1. The molecule has 0 saturated heterocycles. The highest BCUT2D eigenvalue weighted by Gasteiger charge is 2.32. The van der Waals surface area contributed by atoms with Gasteiger partial charge in [-0.15, -0.1) is 0 Å². The average molecular weight is 304 g/mol. The van der Waals surface area contributed by atoms with Gasteiger partial charge in [0.15, 0.2) is 0 Å². The van der Waals surface area contributed by atoms with E-state index in [4.69, 9.17) is 5.73 Å². The standard InChI is InChI=1S/C18H28N2O2/c1-12-7-14(11-18(2,3)10-12)20-16-6-5-13(8-15(16)19)9-17(21)22-4/h5-6,8,12,14,20H,7,9-11,19H2,1-4H3/t12-,14+/m1/s1. The van der Waals surface area contributed by atoms with Gasteiger partial charge in [0, 0.05) is 6.04 Å². The predicted molar refractivity (Wildman–Crippen MR) is 90.8 cm³/mol. The van der Waals surface area contributed by atoms with Gasteiger partial charge < -0.3 is 15.8 Å². The van der Waals surface area contributed by atoms with E-state index in [0.717, 1.165) is 23.6 Å². The molecule has 0 aliphatic heterocycles. The molecule has 0 amide bonds. The molecule has 4 heteroatoms.